The maximum Gasteiger partial charge on any atom is 0.341 e. The maximum atomic E-state index is 11.9. The topological polar surface area (TPSA) is 104 Å². The van der Waals surface area contributed by atoms with Gasteiger partial charge in [0.1, 0.15) is 11.4 Å². The van der Waals surface area contributed by atoms with Crippen LogP contribution in [0.3, 0.4) is 0 Å². The van der Waals surface area contributed by atoms with E-state index in [1.165, 1.54) is 0 Å². The third kappa shape index (κ3) is 5.14. The minimum atomic E-state index is -1.01. The lowest BCUT2D eigenvalue weighted by Crippen LogP contribution is -2.26. The van der Waals surface area contributed by atoms with Crippen molar-refractivity contribution in [3.8, 4) is 5.75 Å². The predicted molar refractivity (Wildman–Crippen MR) is 83.6 cm³/mol. The van der Waals surface area contributed by atoms with E-state index in [4.69, 9.17) is 9.84 Å². The van der Waals surface area contributed by atoms with Crippen molar-refractivity contribution >= 4 is 11.9 Å². The van der Waals surface area contributed by atoms with Crippen LogP contribution in [-0.2, 0) is 17.6 Å². The molecule has 1 aromatic carbocycles. The van der Waals surface area contributed by atoms with Gasteiger partial charge >= 0.3 is 5.97 Å². The van der Waals surface area contributed by atoms with Crippen molar-refractivity contribution in [1.29, 1.82) is 0 Å². The van der Waals surface area contributed by atoms with E-state index in [-0.39, 0.29) is 12.5 Å². The standard InChI is InChI=1S/C16H19N3O4/c1-2-12-9-14(19-18-12)16(22)17-8-7-11-3-5-13(6-4-11)23-10-15(20)21/h3-6,9H,2,7-8,10H2,1H3,(H,17,22)(H,18,19)(H,20,21). The smallest absolute Gasteiger partial charge is 0.341 e. The number of nitrogens with zero attached hydrogens (tertiary/aromatic N) is 1. The highest BCUT2D eigenvalue weighted by Gasteiger charge is 2.09. The summed E-state index contributed by atoms with van der Waals surface area (Å²) < 4.78 is 5.05. The lowest BCUT2D eigenvalue weighted by Gasteiger charge is -2.06. The highest BCUT2D eigenvalue weighted by molar-refractivity contribution is 5.92. The summed E-state index contributed by atoms with van der Waals surface area (Å²) in [6.45, 7) is 2.11. The van der Waals surface area contributed by atoms with Crippen molar-refractivity contribution in [1.82, 2.24) is 15.5 Å². The van der Waals surface area contributed by atoms with E-state index in [1.807, 2.05) is 19.1 Å². The molecule has 0 spiro atoms. The van der Waals surface area contributed by atoms with Crippen molar-refractivity contribution < 1.29 is 19.4 Å². The van der Waals surface area contributed by atoms with Crippen LogP contribution in [0.2, 0.25) is 0 Å². The second-order valence-electron chi connectivity index (χ2n) is 4.96. The summed E-state index contributed by atoms with van der Waals surface area (Å²) in [5, 5.41) is 18.1. The third-order valence-electron chi connectivity index (χ3n) is 3.23. The van der Waals surface area contributed by atoms with Crippen molar-refractivity contribution in [2.24, 2.45) is 0 Å². The molecule has 0 aliphatic heterocycles. The molecule has 0 saturated carbocycles. The van der Waals surface area contributed by atoms with E-state index in [9.17, 15) is 9.59 Å². The molecule has 1 heterocycles. The molecule has 0 fully saturated rings. The second-order valence-corrected chi connectivity index (χ2v) is 4.96. The number of carboxylic acids is 1. The first-order chi connectivity index (χ1) is 11.1. The normalized spacial score (nSPS) is 10.3. The highest BCUT2D eigenvalue weighted by atomic mass is 16.5. The Hall–Kier alpha value is -2.83. The van der Waals surface area contributed by atoms with Crippen LogP contribution in [0, 0.1) is 0 Å². The first-order valence-corrected chi connectivity index (χ1v) is 7.34. The zero-order chi connectivity index (χ0) is 16.7. The third-order valence-corrected chi connectivity index (χ3v) is 3.23. The molecule has 7 heteroatoms. The SMILES string of the molecule is CCc1cc(C(=O)NCCc2ccc(OCC(=O)O)cc2)n[nH]1. The monoisotopic (exact) mass is 317 g/mol. The molecule has 0 saturated heterocycles. The van der Waals surface area contributed by atoms with Crippen LogP contribution in [0.5, 0.6) is 5.75 Å². The van der Waals surface area contributed by atoms with Crippen molar-refractivity contribution in [2.45, 2.75) is 19.8 Å². The Kier molecular flexibility index (Phi) is 5.74. The van der Waals surface area contributed by atoms with Gasteiger partial charge in [-0.05, 0) is 36.6 Å². The fourth-order valence-corrected chi connectivity index (χ4v) is 1.97. The Morgan fingerprint density at radius 3 is 2.65 bits per heavy atom. The highest BCUT2D eigenvalue weighted by Crippen LogP contribution is 2.12. The Labute approximate surface area is 133 Å². The summed E-state index contributed by atoms with van der Waals surface area (Å²) in [5.74, 6) is -0.715. The zero-order valence-electron chi connectivity index (χ0n) is 12.8. The molecule has 1 amide bonds. The molecule has 0 bridgehead atoms. The number of rotatable bonds is 8. The summed E-state index contributed by atoms with van der Waals surface area (Å²) in [4.78, 5) is 22.3. The fourth-order valence-electron chi connectivity index (χ4n) is 1.97. The van der Waals surface area contributed by atoms with Gasteiger partial charge in [0.05, 0.1) is 0 Å². The molecule has 3 N–H and O–H groups in total. The molecule has 2 aromatic rings. The summed E-state index contributed by atoms with van der Waals surface area (Å²) in [6, 6.07) is 8.84. The fraction of sp³-hybridized carbons (Fsp3) is 0.312. The number of benzene rings is 1. The van der Waals surface area contributed by atoms with Gasteiger partial charge in [-0.3, -0.25) is 9.89 Å². The molecule has 0 aliphatic carbocycles. The number of ether oxygens (including phenoxy) is 1. The van der Waals surface area contributed by atoms with E-state index in [0.29, 0.717) is 24.4 Å². The number of aryl methyl sites for hydroxylation is 1. The number of carbonyl (C=O) groups is 2. The summed E-state index contributed by atoms with van der Waals surface area (Å²) in [6.07, 6.45) is 1.46. The summed E-state index contributed by atoms with van der Waals surface area (Å²) >= 11 is 0. The molecule has 0 aliphatic rings. The molecule has 7 nitrogen and oxygen atoms in total. The van der Waals surface area contributed by atoms with Crippen LogP contribution >= 0.6 is 0 Å². The average molecular weight is 317 g/mol. The lowest BCUT2D eigenvalue weighted by molar-refractivity contribution is -0.139. The molecular weight excluding hydrogens is 298 g/mol. The summed E-state index contributed by atoms with van der Waals surface area (Å²) in [5.41, 5.74) is 2.33. The van der Waals surface area contributed by atoms with Crippen molar-refractivity contribution in [3.05, 3.63) is 47.3 Å². The molecule has 23 heavy (non-hydrogen) atoms. The largest absolute Gasteiger partial charge is 0.482 e. The minimum absolute atomic E-state index is 0.206. The lowest BCUT2D eigenvalue weighted by atomic mass is 10.1. The van der Waals surface area contributed by atoms with E-state index in [0.717, 1.165) is 17.7 Å². The Morgan fingerprint density at radius 2 is 2.04 bits per heavy atom. The van der Waals surface area contributed by atoms with E-state index in [1.54, 1.807) is 18.2 Å². The molecule has 0 atom stereocenters. The molecule has 122 valence electrons. The first kappa shape index (κ1) is 16.5. The molecule has 0 radical (unpaired) electrons. The van der Waals surface area contributed by atoms with Gasteiger partial charge in [0.25, 0.3) is 5.91 Å². The van der Waals surface area contributed by atoms with Crippen LogP contribution < -0.4 is 10.1 Å². The van der Waals surface area contributed by atoms with Gasteiger partial charge in [0.15, 0.2) is 6.61 Å². The van der Waals surface area contributed by atoms with Gasteiger partial charge in [0.2, 0.25) is 0 Å². The molecule has 1 aromatic heterocycles. The number of hydrogen-bond donors (Lipinski definition) is 3. The van der Waals surface area contributed by atoms with E-state index >= 15 is 0 Å². The Morgan fingerprint density at radius 1 is 1.30 bits per heavy atom. The number of hydrogen-bond acceptors (Lipinski definition) is 4. The first-order valence-electron chi connectivity index (χ1n) is 7.34. The van der Waals surface area contributed by atoms with Crippen LogP contribution in [-0.4, -0.2) is 40.3 Å². The predicted octanol–water partition coefficient (Wildman–Crippen LogP) is 1.41. The van der Waals surface area contributed by atoms with E-state index < -0.39 is 5.97 Å². The number of carbonyl (C=O) groups excluding carboxylic acids is 1. The molecule has 0 unspecified atom stereocenters. The van der Waals surface area contributed by atoms with Crippen LogP contribution in [0.15, 0.2) is 30.3 Å². The van der Waals surface area contributed by atoms with Gasteiger partial charge < -0.3 is 15.2 Å². The summed E-state index contributed by atoms with van der Waals surface area (Å²) in [7, 11) is 0. The number of amides is 1. The minimum Gasteiger partial charge on any atom is -0.482 e. The van der Waals surface area contributed by atoms with Gasteiger partial charge in [0, 0.05) is 12.2 Å². The maximum absolute atomic E-state index is 11.9. The number of carboxylic acid groups (broad SMARTS) is 1. The van der Waals surface area contributed by atoms with E-state index in [2.05, 4.69) is 15.5 Å². The quantitative estimate of drug-likeness (QED) is 0.683. The molecule has 2 rings (SSSR count). The number of nitrogens with one attached hydrogen (secondary N) is 2. The Bertz CT molecular complexity index is 664. The number of aromatic nitrogens is 2. The molecular formula is C16H19N3O4. The van der Waals surface area contributed by atoms with Crippen molar-refractivity contribution in [3.63, 3.8) is 0 Å². The zero-order valence-corrected chi connectivity index (χ0v) is 12.8. The van der Waals surface area contributed by atoms with Gasteiger partial charge in [-0.15, -0.1) is 0 Å². The van der Waals surface area contributed by atoms with Gasteiger partial charge in [-0.2, -0.15) is 5.10 Å². The number of aliphatic carboxylic acids is 1. The van der Waals surface area contributed by atoms with Crippen LogP contribution in [0.25, 0.3) is 0 Å². The second kappa shape index (κ2) is 7.98. The van der Waals surface area contributed by atoms with Crippen LogP contribution in [0.4, 0.5) is 0 Å². The average Bonchev–Trinajstić information content (AvgIpc) is 3.03. The Balaban J connectivity index is 1.77. The van der Waals surface area contributed by atoms with Crippen molar-refractivity contribution in [2.75, 3.05) is 13.2 Å². The number of aromatic amines is 1. The van der Waals surface area contributed by atoms with Crippen LogP contribution in [0.1, 0.15) is 28.7 Å². The van der Waals surface area contributed by atoms with Gasteiger partial charge in [-0.1, -0.05) is 19.1 Å². The number of H-pyrrole nitrogens is 1. The van der Waals surface area contributed by atoms with Gasteiger partial charge in [-0.25, -0.2) is 4.79 Å².